The molecule has 0 aromatic carbocycles. The van der Waals surface area contributed by atoms with E-state index in [-0.39, 0.29) is 50.2 Å². The first-order chi connectivity index (χ1) is 7.09. The van der Waals surface area contributed by atoms with E-state index >= 15 is 0 Å². The molecule has 2 saturated carbocycles. The SMILES string of the molecule is C[C@H](CO)[C@H]1CCC2C(O)CCC[C@@]21C.[Ac]. The summed E-state index contributed by atoms with van der Waals surface area (Å²) < 4.78 is 0. The predicted octanol–water partition coefficient (Wildman–Crippen LogP) is 2.19. The summed E-state index contributed by atoms with van der Waals surface area (Å²) in [6, 6.07) is 0. The van der Waals surface area contributed by atoms with E-state index < -0.39 is 0 Å². The van der Waals surface area contributed by atoms with Crippen molar-refractivity contribution in [3.05, 3.63) is 0 Å². The molecule has 1 radical (unpaired) electrons. The molecule has 91 valence electrons. The van der Waals surface area contributed by atoms with Gasteiger partial charge in [-0.15, -0.1) is 0 Å². The van der Waals surface area contributed by atoms with Gasteiger partial charge in [0, 0.05) is 50.7 Å². The second kappa shape index (κ2) is 6.00. The summed E-state index contributed by atoms with van der Waals surface area (Å²) in [4.78, 5) is 0. The monoisotopic (exact) mass is 439 g/mol. The number of aliphatic hydroxyl groups is 2. The van der Waals surface area contributed by atoms with Crippen LogP contribution in [0.2, 0.25) is 0 Å². The Kier molecular flexibility index (Phi) is 5.78. The Labute approximate surface area is 135 Å². The second-order valence-electron chi connectivity index (χ2n) is 5.92. The van der Waals surface area contributed by atoms with Gasteiger partial charge in [0.05, 0.1) is 6.10 Å². The van der Waals surface area contributed by atoms with Crippen LogP contribution in [-0.4, -0.2) is 22.9 Å². The summed E-state index contributed by atoms with van der Waals surface area (Å²) in [7, 11) is 0. The third-order valence-electron chi connectivity index (χ3n) is 5.14. The number of aliphatic hydroxyl groups excluding tert-OH is 2. The molecule has 0 aliphatic heterocycles. The van der Waals surface area contributed by atoms with Crippen LogP contribution in [0.25, 0.3) is 0 Å². The number of rotatable bonds is 2. The first-order valence-electron chi connectivity index (χ1n) is 6.38. The van der Waals surface area contributed by atoms with Crippen molar-refractivity contribution >= 4 is 0 Å². The van der Waals surface area contributed by atoms with E-state index in [4.69, 9.17) is 0 Å². The maximum Gasteiger partial charge on any atom is 0.0573 e. The fraction of sp³-hybridized carbons (Fsp3) is 1.00. The first-order valence-corrected chi connectivity index (χ1v) is 6.38. The molecule has 0 aromatic heterocycles. The Bertz CT molecular complexity index is 234. The average molecular weight is 439 g/mol. The van der Waals surface area contributed by atoms with Gasteiger partial charge in [0.15, 0.2) is 0 Å². The molecule has 2 unspecified atom stereocenters. The van der Waals surface area contributed by atoms with Gasteiger partial charge in [0.25, 0.3) is 0 Å². The molecular formula is C13H24AcO2. The van der Waals surface area contributed by atoms with Gasteiger partial charge in [-0.25, -0.2) is 0 Å². The maximum atomic E-state index is 10.1. The number of fused-ring (bicyclic) bond motifs is 1. The van der Waals surface area contributed by atoms with Crippen LogP contribution in [0.15, 0.2) is 0 Å². The molecule has 2 fully saturated rings. The van der Waals surface area contributed by atoms with E-state index in [0.717, 1.165) is 19.3 Å². The fourth-order valence-electron chi connectivity index (χ4n) is 4.25. The van der Waals surface area contributed by atoms with Gasteiger partial charge in [-0.1, -0.05) is 20.3 Å². The second-order valence-corrected chi connectivity index (χ2v) is 5.92. The van der Waals surface area contributed by atoms with Gasteiger partial charge in [-0.3, -0.25) is 0 Å². The third-order valence-corrected chi connectivity index (χ3v) is 5.14. The molecule has 0 aromatic rings. The van der Waals surface area contributed by atoms with Crippen LogP contribution in [0.4, 0.5) is 0 Å². The Hall–Kier alpha value is 1.36. The Morgan fingerprint density at radius 1 is 1.31 bits per heavy atom. The third kappa shape index (κ3) is 2.53. The normalized spacial score (nSPS) is 44.6. The topological polar surface area (TPSA) is 40.5 Å². The molecular weight excluding hydrogens is 415 g/mol. The molecule has 2 aliphatic rings. The molecule has 3 heteroatoms. The van der Waals surface area contributed by atoms with Crippen molar-refractivity contribution in [1.82, 2.24) is 0 Å². The van der Waals surface area contributed by atoms with Crippen LogP contribution in [0, 0.1) is 67.2 Å². The zero-order valence-corrected chi connectivity index (χ0v) is 15.3. The zero-order valence-electron chi connectivity index (χ0n) is 10.5. The summed E-state index contributed by atoms with van der Waals surface area (Å²) in [5.74, 6) is 1.50. The molecule has 2 nitrogen and oxygen atoms in total. The maximum absolute atomic E-state index is 10.1. The largest absolute Gasteiger partial charge is 0.396 e. The summed E-state index contributed by atoms with van der Waals surface area (Å²) in [6.45, 7) is 4.78. The molecule has 2 aliphatic carbocycles. The first kappa shape index (κ1) is 15.4. The van der Waals surface area contributed by atoms with Gasteiger partial charge >= 0.3 is 0 Å². The van der Waals surface area contributed by atoms with E-state index in [1.54, 1.807) is 0 Å². The Morgan fingerprint density at radius 3 is 2.62 bits per heavy atom. The van der Waals surface area contributed by atoms with Crippen molar-refractivity contribution in [2.24, 2.45) is 23.2 Å². The minimum atomic E-state index is -0.0837. The van der Waals surface area contributed by atoms with Gasteiger partial charge in [-0.2, -0.15) is 0 Å². The van der Waals surface area contributed by atoms with Gasteiger partial charge < -0.3 is 10.2 Å². The predicted molar refractivity (Wildman–Crippen MR) is 60.4 cm³/mol. The van der Waals surface area contributed by atoms with Crippen LogP contribution in [0.1, 0.15) is 46.0 Å². The smallest absolute Gasteiger partial charge is 0.0573 e. The molecule has 16 heavy (non-hydrogen) atoms. The molecule has 0 amide bonds. The van der Waals surface area contributed by atoms with Crippen LogP contribution in [0.5, 0.6) is 0 Å². The summed E-state index contributed by atoms with van der Waals surface area (Å²) in [6.07, 6.45) is 5.65. The molecule has 0 bridgehead atoms. The van der Waals surface area contributed by atoms with Gasteiger partial charge in [-0.05, 0) is 48.9 Å². The number of hydrogen-bond acceptors (Lipinski definition) is 2. The van der Waals surface area contributed by atoms with Gasteiger partial charge in [0.1, 0.15) is 0 Å². The van der Waals surface area contributed by atoms with Crippen molar-refractivity contribution in [1.29, 1.82) is 0 Å². The van der Waals surface area contributed by atoms with Crippen LogP contribution in [-0.2, 0) is 0 Å². The Balaban J connectivity index is 0.00000128. The quantitative estimate of drug-likeness (QED) is 0.693. The van der Waals surface area contributed by atoms with E-state index in [1.165, 1.54) is 12.8 Å². The van der Waals surface area contributed by atoms with E-state index in [1.807, 2.05) is 0 Å². The van der Waals surface area contributed by atoms with E-state index in [9.17, 15) is 10.2 Å². The molecule has 0 saturated heterocycles. The van der Waals surface area contributed by atoms with Gasteiger partial charge in [0.2, 0.25) is 0 Å². The van der Waals surface area contributed by atoms with Crippen molar-refractivity contribution < 1.29 is 54.3 Å². The van der Waals surface area contributed by atoms with E-state index in [0.29, 0.717) is 29.8 Å². The standard InChI is InChI=1S/C13H24O2.Ac/c1-9(8-14)10-5-6-11-12(15)4-3-7-13(10,11)2;/h9-12,14-15H,3-8H2,1-2H3;/t9-,10-,11?,12?,13-;/m1./s1. The van der Waals surface area contributed by atoms with Crippen LogP contribution >= 0.6 is 0 Å². The van der Waals surface area contributed by atoms with Crippen molar-refractivity contribution in [2.45, 2.75) is 52.1 Å². The molecule has 0 spiro atoms. The zero-order chi connectivity index (χ0) is 11.1. The fourth-order valence-corrected chi connectivity index (χ4v) is 4.25. The minimum absolute atomic E-state index is 0. The molecule has 2 rings (SSSR count). The van der Waals surface area contributed by atoms with E-state index in [2.05, 4.69) is 13.8 Å². The summed E-state index contributed by atoms with van der Waals surface area (Å²) in [5.41, 5.74) is 0.291. The average Bonchev–Trinajstić information content (AvgIpc) is 2.56. The van der Waals surface area contributed by atoms with Crippen molar-refractivity contribution in [3.63, 3.8) is 0 Å². The van der Waals surface area contributed by atoms with Crippen molar-refractivity contribution in [3.8, 4) is 0 Å². The summed E-state index contributed by atoms with van der Waals surface area (Å²) in [5, 5.41) is 19.4. The summed E-state index contributed by atoms with van der Waals surface area (Å²) >= 11 is 0. The molecule has 5 atom stereocenters. The molecule has 0 heterocycles. The van der Waals surface area contributed by atoms with Crippen LogP contribution < -0.4 is 0 Å². The minimum Gasteiger partial charge on any atom is -0.396 e. The Morgan fingerprint density at radius 2 is 2.00 bits per heavy atom. The van der Waals surface area contributed by atoms with Crippen molar-refractivity contribution in [2.75, 3.05) is 6.61 Å². The van der Waals surface area contributed by atoms with Crippen LogP contribution in [0.3, 0.4) is 0 Å². The number of hydrogen-bond donors (Lipinski definition) is 2. The molecule has 2 N–H and O–H groups in total.